The summed E-state index contributed by atoms with van der Waals surface area (Å²) < 4.78 is 5.90. The van der Waals surface area contributed by atoms with Crippen molar-refractivity contribution in [2.24, 2.45) is 0 Å². The normalized spacial score (nSPS) is 12.0. The van der Waals surface area contributed by atoms with Crippen molar-refractivity contribution < 1.29 is 24.9 Å². The molecule has 0 heterocycles. The highest BCUT2D eigenvalue weighted by Crippen LogP contribution is 2.27. The molecule has 0 fully saturated rings. The number of rotatable bonds is 12. The van der Waals surface area contributed by atoms with Crippen LogP contribution in [0.1, 0.15) is 62.5 Å². The third-order valence-electron chi connectivity index (χ3n) is 5.87. The van der Waals surface area contributed by atoms with Gasteiger partial charge < -0.3 is 20.1 Å². The van der Waals surface area contributed by atoms with E-state index >= 15 is 0 Å². The van der Waals surface area contributed by atoms with Gasteiger partial charge in [-0.1, -0.05) is 56.0 Å². The molecule has 3 rings (SSSR count). The third-order valence-corrected chi connectivity index (χ3v) is 5.87. The van der Waals surface area contributed by atoms with E-state index in [1.165, 1.54) is 18.9 Å². The van der Waals surface area contributed by atoms with Gasteiger partial charge in [-0.2, -0.15) is 0 Å². The lowest BCUT2D eigenvalue weighted by molar-refractivity contribution is -0.138. The smallest absolute Gasteiger partial charge is 0.310 e. The number of carboxylic acids is 1. The Balaban J connectivity index is 1.31. The molecule has 3 N–H and O–H groups in total. The van der Waals surface area contributed by atoms with E-state index in [2.05, 4.69) is 0 Å². The van der Waals surface area contributed by atoms with Gasteiger partial charge in [0.2, 0.25) is 0 Å². The van der Waals surface area contributed by atoms with Crippen LogP contribution in [0.3, 0.4) is 0 Å². The van der Waals surface area contributed by atoms with Gasteiger partial charge in [-0.25, -0.2) is 0 Å². The zero-order chi connectivity index (χ0) is 22.9. The van der Waals surface area contributed by atoms with E-state index in [1.807, 2.05) is 42.5 Å². The lowest BCUT2D eigenvalue weighted by Crippen LogP contribution is -2.07. The number of benzene rings is 3. The molecule has 0 bridgehead atoms. The fourth-order valence-electron chi connectivity index (χ4n) is 3.80. The van der Waals surface area contributed by atoms with Crippen LogP contribution in [0.5, 0.6) is 17.2 Å². The second-order valence-electron chi connectivity index (χ2n) is 8.37. The number of hydrogen-bond donors (Lipinski definition) is 3. The molecule has 0 spiro atoms. The molecular weight excluding hydrogens is 404 g/mol. The molecule has 0 aromatic heterocycles. The molecular formula is C27H32O5. The van der Waals surface area contributed by atoms with Crippen LogP contribution < -0.4 is 4.74 Å². The molecule has 0 amide bonds. The third kappa shape index (κ3) is 6.64. The van der Waals surface area contributed by atoms with E-state index in [4.69, 9.17) is 4.74 Å². The second-order valence-corrected chi connectivity index (χ2v) is 8.37. The van der Waals surface area contributed by atoms with Gasteiger partial charge in [0.25, 0.3) is 0 Å². The number of aryl methyl sites for hydroxylation is 1. The number of ether oxygens (including phenoxy) is 1. The van der Waals surface area contributed by atoms with E-state index in [0.29, 0.717) is 6.61 Å². The van der Waals surface area contributed by atoms with Crippen LogP contribution in [0.15, 0.2) is 54.6 Å². The number of aromatic hydroxyl groups is 2. The minimum Gasteiger partial charge on any atom is -0.504 e. The lowest BCUT2D eigenvalue weighted by atomic mass is 9.98. The van der Waals surface area contributed by atoms with Gasteiger partial charge in [-0.05, 0) is 72.4 Å². The number of carbonyl (C=O) groups is 1. The van der Waals surface area contributed by atoms with Crippen molar-refractivity contribution in [3.05, 3.63) is 65.7 Å². The summed E-state index contributed by atoms with van der Waals surface area (Å²) in [6.07, 6.45) is 7.63. The fraction of sp³-hybridized carbons (Fsp3) is 0.370. The Kier molecular flexibility index (Phi) is 8.37. The fourth-order valence-corrected chi connectivity index (χ4v) is 3.80. The molecule has 5 heteroatoms. The van der Waals surface area contributed by atoms with Crippen LogP contribution in [0.4, 0.5) is 0 Å². The molecule has 0 saturated carbocycles. The highest BCUT2D eigenvalue weighted by atomic mass is 16.5. The van der Waals surface area contributed by atoms with Crippen molar-refractivity contribution in [1.82, 2.24) is 0 Å². The highest BCUT2D eigenvalue weighted by molar-refractivity contribution is 5.86. The van der Waals surface area contributed by atoms with Crippen LogP contribution >= 0.6 is 0 Å². The standard InChI is InChI=1S/C27H32O5/c1-19(27(30)31)21-10-11-23-18-24(13-12-22(23)17-21)32-15-7-5-3-2-4-6-8-20-9-14-25(28)26(29)16-20/h9-14,16-19,28-29H,2-8,15H2,1H3,(H,30,31)/t19-/m0/s1. The summed E-state index contributed by atoms with van der Waals surface area (Å²) in [4.78, 5) is 11.2. The zero-order valence-electron chi connectivity index (χ0n) is 18.6. The molecule has 32 heavy (non-hydrogen) atoms. The summed E-state index contributed by atoms with van der Waals surface area (Å²) in [5.41, 5.74) is 1.86. The molecule has 0 aliphatic heterocycles. The first-order valence-corrected chi connectivity index (χ1v) is 11.3. The molecule has 5 nitrogen and oxygen atoms in total. The molecule has 170 valence electrons. The predicted octanol–water partition coefficient (Wildman–Crippen LogP) is 6.40. The van der Waals surface area contributed by atoms with Gasteiger partial charge in [0.1, 0.15) is 5.75 Å². The summed E-state index contributed by atoms with van der Waals surface area (Å²) in [5.74, 6) is -0.613. The summed E-state index contributed by atoms with van der Waals surface area (Å²) in [7, 11) is 0. The SMILES string of the molecule is C[C@H](C(=O)O)c1ccc2cc(OCCCCCCCCc3ccc(O)c(O)c3)ccc2c1. The largest absolute Gasteiger partial charge is 0.504 e. The maximum atomic E-state index is 11.2. The number of hydrogen-bond acceptors (Lipinski definition) is 4. The van der Waals surface area contributed by atoms with Crippen molar-refractivity contribution in [2.45, 2.75) is 57.8 Å². The number of phenolic OH excluding ortho intramolecular Hbond substituents is 2. The van der Waals surface area contributed by atoms with Crippen LogP contribution in [0.25, 0.3) is 10.8 Å². The van der Waals surface area contributed by atoms with Crippen LogP contribution in [-0.4, -0.2) is 27.9 Å². The van der Waals surface area contributed by atoms with Crippen molar-refractivity contribution in [2.75, 3.05) is 6.61 Å². The number of unbranched alkanes of at least 4 members (excludes halogenated alkanes) is 5. The van der Waals surface area contributed by atoms with Crippen LogP contribution in [0, 0.1) is 0 Å². The second kappa shape index (κ2) is 11.4. The van der Waals surface area contributed by atoms with E-state index in [0.717, 1.165) is 59.8 Å². The average molecular weight is 437 g/mol. The number of phenols is 2. The summed E-state index contributed by atoms with van der Waals surface area (Å²) in [6.45, 7) is 2.38. The Morgan fingerprint density at radius 2 is 1.50 bits per heavy atom. The Bertz CT molecular complexity index is 1040. The first kappa shape index (κ1) is 23.5. The van der Waals surface area contributed by atoms with Gasteiger partial charge >= 0.3 is 5.97 Å². The topological polar surface area (TPSA) is 87.0 Å². The van der Waals surface area contributed by atoms with Crippen LogP contribution in [0.2, 0.25) is 0 Å². The van der Waals surface area contributed by atoms with Gasteiger partial charge in [-0.15, -0.1) is 0 Å². The number of fused-ring (bicyclic) bond motifs is 1. The zero-order valence-corrected chi connectivity index (χ0v) is 18.6. The summed E-state index contributed by atoms with van der Waals surface area (Å²) >= 11 is 0. The first-order valence-electron chi connectivity index (χ1n) is 11.3. The van der Waals surface area contributed by atoms with Gasteiger partial charge in [-0.3, -0.25) is 4.79 Å². The molecule has 0 aliphatic carbocycles. The van der Waals surface area contributed by atoms with Crippen LogP contribution in [-0.2, 0) is 11.2 Å². The van der Waals surface area contributed by atoms with Crippen molar-refractivity contribution in [1.29, 1.82) is 0 Å². The molecule has 0 radical (unpaired) electrons. The van der Waals surface area contributed by atoms with E-state index < -0.39 is 11.9 Å². The number of carboxylic acid groups (broad SMARTS) is 1. The predicted molar refractivity (Wildman–Crippen MR) is 127 cm³/mol. The number of aliphatic carboxylic acids is 1. The van der Waals surface area contributed by atoms with E-state index in [1.54, 1.807) is 13.0 Å². The average Bonchev–Trinajstić information content (AvgIpc) is 2.79. The first-order chi connectivity index (χ1) is 15.4. The van der Waals surface area contributed by atoms with E-state index in [-0.39, 0.29) is 11.5 Å². The Labute approximate surface area is 189 Å². The van der Waals surface area contributed by atoms with Crippen molar-refractivity contribution in [3.63, 3.8) is 0 Å². The minimum atomic E-state index is -0.818. The molecule has 3 aromatic carbocycles. The van der Waals surface area contributed by atoms with Crippen molar-refractivity contribution >= 4 is 16.7 Å². The maximum Gasteiger partial charge on any atom is 0.310 e. The van der Waals surface area contributed by atoms with E-state index in [9.17, 15) is 20.1 Å². The Morgan fingerprint density at radius 3 is 2.25 bits per heavy atom. The summed E-state index contributed by atoms with van der Waals surface area (Å²) in [5, 5.41) is 30.1. The maximum absolute atomic E-state index is 11.2. The van der Waals surface area contributed by atoms with Gasteiger partial charge in [0, 0.05) is 0 Å². The van der Waals surface area contributed by atoms with Gasteiger partial charge in [0.05, 0.1) is 12.5 Å². The quantitative estimate of drug-likeness (QED) is 0.226. The Hall–Kier alpha value is -3.21. The molecule has 0 aliphatic rings. The molecule has 0 saturated heterocycles. The Morgan fingerprint density at radius 1 is 0.812 bits per heavy atom. The summed E-state index contributed by atoms with van der Waals surface area (Å²) in [6, 6.07) is 16.7. The monoisotopic (exact) mass is 436 g/mol. The minimum absolute atomic E-state index is 0.0496. The van der Waals surface area contributed by atoms with Gasteiger partial charge in [0.15, 0.2) is 11.5 Å². The van der Waals surface area contributed by atoms with Crippen molar-refractivity contribution in [3.8, 4) is 17.2 Å². The molecule has 0 unspecified atom stereocenters. The lowest BCUT2D eigenvalue weighted by Gasteiger charge is -2.10. The molecule has 1 atom stereocenters. The highest BCUT2D eigenvalue weighted by Gasteiger charge is 2.13. The molecule has 3 aromatic rings.